The predicted octanol–water partition coefficient (Wildman–Crippen LogP) is 2.58. The van der Waals surface area contributed by atoms with E-state index in [2.05, 4.69) is 28.9 Å². The first-order valence-electron chi connectivity index (χ1n) is 7.02. The Morgan fingerprint density at radius 3 is 2.45 bits per heavy atom. The molecule has 3 rings (SSSR count). The molecule has 1 aromatic heterocycles. The zero-order valence-electron chi connectivity index (χ0n) is 12.0. The number of anilines is 2. The molecule has 106 valence electrons. The highest BCUT2D eigenvalue weighted by Gasteiger charge is 2.31. The van der Waals surface area contributed by atoms with Crippen LogP contribution in [0.5, 0.6) is 0 Å². The van der Waals surface area contributed by atoms with Crippen molar-refractivity contribution in [2.45, 2.75) is 32.1 Å². The normalized spacial score (nSPS) is 15.8. The van der Waals surface area contributed by atoms with Crippen LogP contribution in [-0.2, 0) is 5.41 Å². The number of nitrogens with zero attached hydrogens (tertiary/aromatic N) is 3. The molecular weight excluding hydrogens is 252 g/mol. The lowest BCUT2D eigenvalue weighted by atomic mass is 9.84. The number of hydrogen-bond acceptors (Lipinski definition) is 5. The van der Waals surface area contributed by atoms with Gasteiger partial charge in [0.2, 0.25) is 5.89 Å². The molecule has 0 spiro atoms. The molecule has 1 fully saturated rings. The largest absolute Gasteiger partial charge is 0.399 e. The zero-order valence-corrected chi connectivity index (χ0v) is 12.0. The molecule has 0 atom stereocenters. The lowest BCUT2D eigenvalue weighted by molar-refractivity contribution is 0.332. The summed E-state index contributed by atoms with van der Waals surface area (Å²) in [7, 11) is 0. The van der Waals surface area contributed by atoms with E-state index < -0.39 is 0 Å². The quantitative estimate of drug-likeness (QED) is 0.870. The van der Waals surface area contributed by atoms with E-state index in [-0.39, 0.29) is 5.41 Å². The van der Waals surface area contributed by atoms with Crippen molar-refractivity contribution in [2.24, 2.45) is 0 Å². The minimum atomic E-state index is -0.321. The van der Waals surface area contributed by atoms with Gasteiger partial charge in [0.05, 0.1) is 5.41 Å². The minimum absolute atomic E-state index is 0.321. The van der Waals surface area contributed by atoms with Crippen molar-refractivity contribution in [1.82, 2.24) is 10.1 Å². The van der Waals surface area contributed by atoms with E-state index in [4.69, 9.17) is 10.3 Å². The van der Waals surface area contributed by atoms with Gasteiger partial charge in [0.1, 0.15) is 0 Å². The lowest BCUT2D eigenvalue weighted by Gasteiger charge is -2.20. The second-order valence-corrected chi connectivity index (χ2v) is 5.84. The average Bonchev–Trinajstić information content (AvgIpc) is 3.10. The van der Waals surface area contributed by atoms with Crippen LogP contribution < -0.4 is 10.6 Å². The fourth-order valence-electron chi connectivity index (χ4n) is 2.54. The average molecular weight is 272 g/mol. The van der Waals surface area contributed by atoms with Gasteiger partial charge in [-0.3, -0.25) is 0 Å². The van der Waals surface area contributed by atoms with Crippen molar-refractivity contribution in [3.05, 3.63) is 35.7 Å². The molecule has 1 aliphatic rings. The van der Waals surface area contributed by atoms with E-state index in [1.165, 1.54) is 12.8 Å². The van der Waals surface area contributed by atoms with Crippen LogP contribution in [0.3, 0.4) is 0 Å². The first kappa shape index (κ1) is 13.0. The van der Waals surface area contributed by atoms with Crippen molar-refractivity contribution >= 4 is 11.6 Å². The van der Waals surface area contributed by atoms with Gasteiger partial charge in [0, 0.05) is 18.8 Å². The molecule has 5 nitrogen and oxygen atoms in total. The third kappa shape index (κ3) is 2.24. The highest BCUT2D eigenvalue weighted by atomic mass is 16.5. The lowest BCUT2D eigenvalue weighted by Crippen LogP contribution is -2.21. The number of hydrogen-bond donors (Lipinski definition) is 1. The molecule has 1 aliphatic heterocycles. The molecule has 2 aromatic rings. The summed E-state index contributed by atoms with van der Waals surface area (Å²) in [6.07, 6.45) is 2.40. The molecule has 0 aliphatic carbocycles. The summed E-state index contributed by atoms with van der Waals surface area (Å²) in [5.74, 6) is 1.35. The maximum absolute atomic E-state index is 5.74. The van der Waals surface area contributed by atoms with Gasteiger partial charge in [0.15, 0.2) is 0 Å². The van der Waals surface area contributed by atoms with Gasteiger partial charge in [0.25, 0.3) is 5.95 Å². The van der Waals surface area contributed by atoms with Gasteiger partial charge in [-0.15, -0.1) is 0 Å². The van der Waals surface area contributed by atoms with Crippen LogP contribution in [0.4, 0.5) is 11.6 Å². The minimum Gasteiger partial charge on any atom is -0.399 e. The molecule has 0 radical (unpaired) electrons. The van der Waals surface area contributed by atoms with Gasteiger partial charge in [-0.1, -0.05) is 12.1 Å². The summed E-state index contributed by atoms with van der Waals surface area (Å²) in [6, 6.07) is 7.81. The van der Waals surface area contributed by atoms with Crippen molar-refractivity contribution in [3.8, 4) is 0 Å². The summed E-state index contributed by atoms with van der Waals surface area (Å²) in [6.45, 7) is 6.20. The molecule has 0 bridgehead atoms. The summed E-state index contributed by atoms with van der Waals surface area (Å²) in [5.41, 5.74) is 7.29. The van der Waals surface area contributed by atoms with Crippen LogP contribution in [0.15, 0.2) is 28.8 Å². The number of aromatic nitrogens is 2. The van der Waals surface area contributed by atoms with Crippen LogP contribution in [0.1, 0.15) is 38.1 Å². The SMILES string of the molecule is CC(C)(c1ccc(N)cc1)c1nc(N2CCCC2)no1. The third-order valence-corrected chi connectivity index (χ3v) is 3.97. The van der Waals surface area contributed by atoms with E-state index in [1.54, 1.807) is 0 Å². The van der Waals surface area contributed by atoms with Crippen LogP contribution in [0.25, 0.3) is 0 Å². The molecule has 0 unspecified atom stereocenters. The molecule has 0 amide bonds. The smallest absolute Gasteiger partial charge is 0.266 e. The summed E-state index contributed by atoms with van der Waals surface area (Å²) < 4.78 is 5.49. The number of nitrogens with two attached hydrogens (primary N) is 1. The fraction of sp³-hybridized carbons (Fsp3) is 0.467. The number of benzene rings is 1. The second-order valence-electron chi connectivity index (χ2n) is 5.84. The van der Waals surface area contributed by atoms with Crippen molar-refractivity contribution in [2.75, 3.05) is 23.7 Å². The molecule has 1 saturated heterocycles. The summed E-state index contributed by atoms with van der Waals surface area (Å²) in [5, 5.41) is 4.12. The Balaban J connectivity index is 1.88. The monoisotopic (exact) mass is 272 g/mol. The molecule has 0 saturated carbocycles. The first-order chi connectivity index (χ1) is 9.57. The number of rotatable bonds is 3. The highest BCUT2D eigenvalue weighted by Crippen LogP contribution is 2.32. The van der Waals surface area contributed by atoms with E-state index in [1.807, 2.05) is 24.3 Å². The van der Waals surface area contributed by atoms with Crippen LogP contribution in [0.2, 0.25) is 0 Å². The predicted molar refractivity (Wildman–Crippen MR) is 78.7 cm³/mol. The van der Waals surface area contributed by atoms with E-state index in [9.17, 15) is 0 Å². The fourth-order valence-corrected chi connectivity index (χ4v) is 2.54. The van der Waals surface area contributed by atoms with Crippen LogP contribution in [0, 0.1) is 0 Å². The van der Waals surface area contributed by atoms with Crippen LogP contribution >= 0.6 is 0 Å². The highest BCUT2D eigenvalue weighted by molar-refractivity contribution is 5.43. The molecule has 2 heterocycles. The topological polar surface area (TPSA) is 68.2 Å². The molecule has 20 heavy (non-hydrogen) atoms. The van der Waals surface area contributed by atoms with Gasteiger partial charge in [-0.25, -0.2) is 0 Å². The maximum atomic E-state index is 5.74. The summed E-state index contributed by atoms with van der Waals surface area (Å²) in [4.78, 5) is 6.75. The van der Waals surface area contributed by atoms with Crippen LogP contribution in [-0.4, -0.2) is 23.2 Å². The zero-order chi connectivity index (χ0) is 14.2. The third-order valence-electron chi connectivity index (χ3n) is 3.97. The van der Waals surface area contributed by atoms with Gasteiger partial charge in [-0.05, 0) is 49.5 Å². The van der Waals surface area contributed by atoms with Crippen molar-refractivity contribution in [1.29, 1.82) is 0 Å². The van der Waals surface area contributed by atoms with E-state index in [0.29, 0.717) is 11.8 Å². The molecular formula is C15H20N4O. The van der Waals surface area contributed by atoms with E-state index in [0.717, 1.165) is 24.3 Å². The van der Waals surface area contributed by atoms with Crippen molar-refractivity contribution in [3.63, 3.8) is 0 Å². The Morgan fingerprint density at radius 1 is 1.15 bits per heavy atom. The Hall–Kier alpha value is -2.04. The maximum Gasteiger partial charge on any atom is 0.266 e. The van der Waals surface area contributed by atoms with Gasteiger partial charge < -0.3 is 15.2 Å². The number of nitrogen functional groups attached to an aromatic ring is 1. The molecule has 2 N–H and O–H groups in total. The molecule has 5 heteroatoms. The Morgan fingerprint density at radius 2 is 1.80 bits per heavy atom. The standard InChI is InChI=1S/C15H20N4O/c1-15(2,11-5-7-12(16)8-6-11)13-17-14(18-20-13)19-9-3-4-10-19/h5-8H,3-4,9-10,16H2,1-2H3. The van der Waals surface area contributed by atoms with Gasteiger partial charge in [-0.2, -0.15) is 4.98 Å². The Kier molecular flexibility index (Phi) is 3.12. The van der Waals surface area contributed by atoms with Gasteiger partial charge >= 0.3 is 0 Å². The summed E-state index contributed by atoms with van der Waals surface area (Å²) >= 11 is 0. The van der Waals surface area contributed by atoms with Crippen molar-refractivity contribution < 1.29 is 4.52 Å². The first-order valence-corrected chi connectivity index (χ1v) is 7.02. The second kappa shape index (κ2) is 4.81. The van der Waals surface area contributed by atoms with E-state index >= 15 is 0 Å². The Labute approximate surface area is 118 Å². The molecule has 1 aromatic carbocycles. The Bertz CT molecular complexity index is 582.